The van der Waals surface area contributed by atoms with Crippen molar-refractivity contribution in [1.29, 1.82) is 0 Å². The standard InChI is InChI=1S/C23H34N4O2S.HI/c1-23(2,21-9-6-16-30-21)18-26-22(24-3)25-17-19-7-4-5-8-20(19)29-15-12-27-10-13-28-14-11-27;/h4-9,16H,10-15,17-18H2,1-3H3,(H2,24,25,26);1H. The zero-order valence-electron chi connectivity index (χ0n) is 18.7. The molecule has 0 spiro atoms. The Morgan fingerprint density at radius 1 is 1.16 bits per heavy atom. The molecular weight excluding hydrogens is 523 g/mol. The first-order valence-electron chi connectivity index (χ1n) is 10.6. The summed E-state index contributed by atoms with van der Waals surface area (Å²) in [5, 5.41) is 9.00. The van der Waals surface area contributed by atoms with E-state index in [1.807, 2.05) is 18.2 Å². The van der Waals surface area contributed by atoms with E-state index in [4.69, 9.17) is 9.47 Å². The van der Waals surface area contributed by atoms with E-state index in [9.17, 15) is 0 Å². The highest BCUT2D eigenvalue weighted by Crippen LogP contribution is 2.26. The fourth-order valence-electron chi connectivity index (χ4n) is 3.36. The monoisotopic (exact) mass is 558 g/mol. The second-order valence-electron chi connectivity index (χ2n) is 8.05. The smallest absolute Gasteiger partial charge is 0.191 e. The van der Waals surface area contributed by atoms with Gasteiger partial charge >= 0.3 is 0 Å². The number of guanidine groups is 1. The van der Waals surface area contributed by atoms with Crippen molar-refractivity contribution in [2.75, 3.05) is 53.0 Å². The highest BCUT2D eigenvalue weighted by Gasteiger charge is 2.22. The van der Waals surface area contributed by atoms with Crippen molar-refractivity contribution in [2.24, 2.45) is 4.99 Å². The molecule has 1 fully saturated rings. The van der Waals surface area contributed by atoms with Crippen molar-refractivity contribution in [2.45, 2.75) is 25.8 Å². The number of aliphatic imine (C=N–C) groups is 1. The fraction of sp³-hybridized carbons (Fsp3) is 0.522. The maximum atomic E-state index is 6.09. The zero-order chi connectivity index (χ0) is 21.2. The van der Waals surface area contributed by atoms with Gasteiger partial charge in [-0.15, -0.1) is 35.3 Å². The molecule has 8 heteroatoms. The number of halogens is 1. The molecular formula is C23H35IN4O2S. The summed E-state index contributed by atoms with van der Waals surface area (Å²) in [6.07, 6.45) is 0. The molecule has 0 radical (unpaired) electrons. The Hall–Kier alpha value is -1.36. The van der Waals surface area contributed by atoms with Gasteiger partial charge in [0, 0.05) is 55.6 Å². The zero-order valence-corrected chi connectivity index (χ0v) is 21.9. The number of benzene rings is 1. The predicted octanol–water partition coefficient (Wildman–Crippen LogP) is 3.72. The van der Waals surface area contributed by atoms with Crippen LogP contribution in [0.25, 0.3) is 0 Å². The average molecular weight is 559 g/mol. The summed E-state index contributed by atoms with van der Waals surface area (Å²) < 4.78 is 11.5. The van der Waals surface area contributed by atoms with Crippen LogP contribution in [0.5, 0.6) is 5.75 Å². The van der Waals surface area contributed by atoms with Crippen LogP contribution in [0.3, 0.4) is 0 Å². The van der Waals surface area contributed by atoms with E-state index < -0.39 is 0 Å². The second-order valence-corrected chi connectivity index (χ2v) is 9.00. The van der Waals surface area contributed by atoms with E-state index in [0.717, 1.165) is 56.7 Å². The molecule has 1 aliphatic heterocycles. The quantitative estimate of drug-likeness (QED) is 0.279. The van der Waals surface area contributed by atoms with E-state index in [1.54, 1.807) is 18.4 Å². The van der Waals surface area contributed by atoms with Crippen molar-refractivity contribution in [3.05, 3.63) is 52.2 Å². The summed E-state index contributed by atoms with van der Waals surface area (Å²) in [6, 6.07) is 12.5. The van der Waals surface area contributed by atoms with E-state index in [1.165, 1.54) is 4.88 Å². The van der Waals surface area contributed by atoms with Crippen LogP contribution in [0, 0.1) is 0 Å². The molecule has 0 saturated carbocycles. The van der Waals surface area contributed by atoms with Crippen LogP contribution in [0.2, 0.25) is 0 Å². The van der Waals surface area contributed by atoms with Gasteiger partial charge in [0.1, 0.15) is 12.4 Å². The van der Waals surface area contributed by atoms with E-state index in [-0.39, 0.29) is 29.4 Å². The highest BCUT2D eigenvalue weighted by molar-refractivity contribution is 14.0. The summed E-state index contributed by atoms with van der Waals surface area (Å²) in [5.74, 6) is 1.72. The Kier molecular flexibility index (Phi) is 11.1. The third kappa shape index (κ3) is 8.25. The summed E-state index contributed by atoms with van der Waals surface area (Å²) in [4.78, 5) is 8.12. The summed E-state index contributed by atoms with van der Waals surface area (Å²) >= 11 is 1.79. The predicted molar refractivity (Wildman–Crippen MR) is 140 cm³/mol. The number of nitrogens with zero attached hydrogens (tertiary/aromatic N) is 2. The Labute approximate surface area is 207 Å². The van der Waals surface area contributed by atoms with Gasteiger partial charge in [0.15, 0.2) is 5.96 Å². The van der Waals surface area contributed by atoms with Crippen molar-refractivity contribution in [1.82, 2.24) is 15.5 Å². The Balaban J connectivity index is 0.00000341. The van der Waals surface area contributed by atoms with Crippen LogP contribution in [-0.2, 0) is 16.7 Å². The van der Waals surface area contributed by atoms with Crippen LogP contribution < -0.4 is 15.4 Å². The minimum atomic E-state index is 0. The van der Waals surface area contributed by atoms with Gasteiger partial charge in [-0.05, 0) is 17.5 Å². The molecule has 31 heavy (non-hydrogen) atoms. The number of nitrogens with one attached hydrogen (secondary N) is 2. The maximum absolute atomic E-state index is 6.09. The number of hydrogen-bond acceptors (Lipinski definition) is 5. The molecule has 0 atom stereocenters. The molecule has 1 aliphatic rings. The number of hydrogen-bond donors (Lipinski definition) is 2. The molecule has 0 unspecified atom stereocenters. The molecule has 2 aromatic rings. The number of morpholine rings is 1. The molecule has 1 saturated heterocycles. The molecule has 0 amide bonds. The second kappa shape index (κ2) is 13.2. The SMILES string of the molecule is CN=C(NCc1ccccc1OCCN1CCOCC1)NCC(C)(C)c1cccs1.I. The van der Waals surface area contributed by atoms with Gasteiger partial charge in [-0.1, -0.05) is 38.1 Å². The topological polar surface area (TPSA) is 58.1 Å². The number of rotatable bonds is 9. The van der Waals surface area contributed by atoms with Crippen molar-refractivity contribution in [3.8, 4) is 5.75 Å². The van der Waals surface area contributed by atoms with Crippen molar-refractivity contribution < 1.29 is 9.47 Å². The van der Waals surface area contributed by atoms with Crippen LogP contribution in [0.4, 0.5) is 0 Å². The van der Waals surface area contributed by atoms with Gasteiger partial charge in [0.2, 0.25) is 0 Å². The minimum Gasteiger partial charge on any atom is -0.492 e. The molecule has 6 nitrogen and oxygen atoms in total. The fourth-order valence-corrected chi connectivity index (χ4v) is 4.21. The van der Waals surface area contributed by atoms with Crippen molar-refractivity contribution >= 4 is 41.3 Å². The lowest BCUT2D eigenvalue weighted by Crippen LogP contribution is -2.43. The lowest BCUT2D eigenvalue weighted by Gasteiger charge is -2.26. The highest BCUT2D eigenvalue weighted by atomic mass is 127. The Bertz CT molecular complexity index is 793. The van der Waals surface area contributed by atoms with Crippen molar-refractivity contribution in [3.63, 3.8) is 0 Å². The van der Waals surface area contributed by atoms with Crippen LogP contribution in [0.15, 0.2) is 46.8 Å². The third-order valence-electron chi connectivity index (χ3n) is 5.30. The van der Waals surface area contributed by atoms with Gasteiger partial charge in [-0.25, -0.2) is 0 Å². The summed E-state index contributed by atoms with van der Waals surface area (Å²) in [7, 11) is 1.80. The van der Waals surface area contributed by atoms with Gasteiger partial charge < -0.3 is 20.1 Å². The molecule has 1 aromatic heterocycles. The first-order chi connectivity index (χ1) is 14.6. The lowest BCUT2D eigenvalue weighted by molar-refractivity contribution is 0.0322. The first-order valence-corrected chi connectivity index (χ1v) is 11.5. The molecule has 1 aromatic carbocycles. The largest absolute Gasteiger partial charge is 0.492 e. The van der Waals surface area contributed by atoms with Gasteiger partial charge in [-0.3, -0.25) is 9.89 Å². The van der Waals surface area contributed by atoms with Gasteiger partial charge in [0.25, 0.3) is 0 Å². The average Bonchev–Trinajstić information content (AvgIpc) is 3.32. The molecule has 2 N–H and O–H groups in total. The molecule has 2 heterocycles. The Morgan fingerprint density at radius 2 is 1.94 bits per heavy atom. The number of ether oxygens (including phenoxy) is 2. The van der Waals surface area contributed by atoms with E-state index in [0.29, 0.717) is 13.2 Å². The van der Waals surface area contributed by atoms with Crippen LogP contribution in [0.1, 0.15) is 24.3 Å². The number of thiophene rings is 1. The lowest BCUT2D eigenvalue weighted by atomic mass is 9.91. The van der Waals surface area contributed by atoms with Gasteiger partial charge in [-0.2, -0.15) is 0 Å². The van der Waals surface area contributed by atoms with E-state index >= 15 is 0 Å². The third-order valence-corrected chi connectivity index (χ3v) is 6.53. The van der Waals surface area contributed by atoms with Crippen LogP contribution in [-0.4, -0.2) is 63.9 Å². The summed E-state index contributed by atoms with van der Waals surface area (Å²) in [5.41, 5.74) is 1.17. The minimum absolute atomic E-state index is 0. The van der Waals surface area contributed by atoms with Crippen LogP contribution >= 0.6 is 35.3 Å². The molecule has 3 rings (SSSR count). The van der Waals surface area contributed by atoms with E-state index in [2.05, 4.69) is 58.0 Å². The molecule has 0 aliphatic carbocycles. The van der Waals surface area contributed by atoms with Gasteiger partial charge in [0.05, 0.1) is 13.2 Å². The first kappa shape index (κ1) is 25.9. The Morgan fingerprint density at radius 3 is 2.65 bits per heavy atom. The normalized spacial score (nSPS) is 15.3. The summed E-state index contributed by atoms with van der Waals surface area (Å²) in [6.45, 7) is 11.2. The maximum Gasteiger partial charge on any atom is 0.191 e. The number of para-hydroxylation sites is 1. The molecule has 172 valence electrons. The molecule has 0 bridgehead atoms.